The number of thioether (sulfide) groups is 1. The zero-order valence-corrected chi connectivity index (χ0v) is 9.85. The molecule has 0 aromatic carbocycles. The van der Waals surface area contributed by atoms with Gasteiger partial charge in [0.25, 0.3) is 0 Å². The molecule has 1 unspecified atom stereocenters. The van der Waals surface area contributed by atoms with Gasteiger partial charge in [0.1, 0.15) is 0 Å². The van der Waals surface area contributed by atoms with Crippen molar-refractivity contribution in [1.29, 1.82) is 0 Å². The second-order valence-electron chi connectivity index (χ2n) is 3.32. The Labute approximate surface area is 101 Å². The van der Waals surface area contributed by atoms with Crippen LogP contribution in [-0.4, -0.2) is 26.0 Å². The summed E-state index contributed by atoms with van der Waals surface area (Å²) in [5, 5.41) is 7.75. The van der Waals surface area contributed by atoms with E-state index in [0.29, 0.717) is 16.7 Å². The second kappa shape index (κ2) is 4.50. The van der Waals surface area contributed by atoms with E-state index in [1.54, 1.807) is 19.1 Å². The van der Waals surface area contributed by atoms with Crippen molar-refractivity contribution < 1.29 is 9.21 Å². The number of hydrogen-bond donors (Lipinski definition) is 2. The molecule has 2 aromatic heterocycles. The van der Waals surface area contributed by atoms with Crippen LogP contribution in [0.1, 0.15) is 6.92 Å². The van der Waals surface area contributed by atoms with Crippen LogP contribution >= 0.6 is 11.8 Å². The molecule has 8 heteroatoms. The highest BCUT2D eigenvalue weighted by molar-refractivity contribution is 8.00. The van der Waals surface area contributed by atoms with Crippen molar-refractivity contribution >= 4 is 17.7 Å². The van der Waals surface area contributed by atoms with Gasteiger partial charge in [0.15, 0.2) is 5.76 Å². The van der Waals surface area contributed by atoms with E-state index in [9.17, 15) is 4.79 Å². The molecule has 0 saturated heterocycles. The molecule has 1 amide bonds. The first-order chi connectivity index (χ1) is 8.09. The fraction of sp³-hybridized carbons (Fsp3) is 0.222. The molecule has 2 heterocycles. The number of rotatable bonds is 4. The Bertz CT molecular complexity index is 521. The van der Waals surface area contributed by atoms with E-state index >= 15 is 0 Å². The number of nitrogens with two attached hydrogens (primary N) is 2. The van der Waals surface area contributed by atoms with Crippen molar-refractivity contribution in [3.63, 3.8) is 0 Å². The minimum absolute atomic E-state index is 0.397. The molecule has 0 bridgehead atoms. The fourth-order valence-electron chi connectivity index (χ4n) is 1.15. The normalized spacial score (nSPS) is 12.5. The van der Waals surface area contributed by atoms with E-state index in [1.807, 2.05) is 0 Å². The molecule has 0 aliphatic carbocycles. The third kappa shape index (κ3) is 2.26. The van der Waals surface area contributed by atoms with Crippen LogP contribution < -0.4 is 11.6 Å². The van der Waals surface area contributed by atoms with E-state index in [0.717, 1.165) is 11.8 Å². The zero-order chi connectivity index (χ0) is 12.4. The van der Waals surface area contributed by atoms with E-state index < -0.39 is 11.2 Å². The number of furan rings is 1. The maximum atomic E-state index is 10.9. The predicted octanol–water partition coefficient (Wildman–Crippen LogP) is 0.218. The lowest BCUT2D eigenvalue weighted by Gasteiger charge is -2.05. The van der Waals surface area contributed by atoms with Crippen LogP contribution in [-0.2, 0) is 4.79 Å². The molecule has 7 nitrogen and oxygen atoms in total. The first-order valence-corrected chi connectivity index (χ1v) is 5.68. The van der Waals surface area contributed by atoms with Crippen molar-refractivity contribution in [2.24, 2.45) is 5.73 Å². The molecule has 2 aromatic rings. The highest BCUT2D eigenvalue weighted by atomic mass is 32.2. The van der Waals surface area contributed by atoms with Crippen molar-refractivity contribution in [3.8, 4) is 11.6 Å². The van der Waals surface area contributed by atoms with Crippen molar-refractivity contribution in [2.45, 2.75) is 17.3 Å². The summed E-state index contributed by atoms with van der Waals surface area (Å²) in [6, 6.07) is 3.45. The summed E-state index contributed by atoms with van der Waals surface area (Å²) in [6.45, 7) is 1.67. The second-order valence-corrected chi connectivity index (χ2v) is 4.62. The van der Waals surface area contributed by atoms with Gasteiger partial charge in [-0.05, 0) is 19.1 Å². The minimum atomic E-state index is -0.433. The summed E-state index contributed by atoms with van der Waals surface area (Å²) in [5.74, 6) is 6.28. The van der Waals surface area contributed by atoms with E-state index in [1.165, 1.54) is 10.9 Å². The third-order valence-electron chi connectivity index (χ3n) is 2.09. The summed E-state index contributed by atoms with van der Waals surface area (Å²) >= 11 is 1.14. The maximum Gasteiger partial charge on any atom is 0.230 e. The van der Waals surface area contributed by atoms with Crippen LogP contribution in [0, 0.1) is 0 Å². The van der Waals surface area contributed by atoms with Crippen molar-refractivity contribution in [1.82, 2.24) is 14.9 Å². The average Bonchev–Trinajstić information content (AvgIpc) is 2.89. The number of amides is 1. The highest BCUT2D eigenvalue weighted by Gasteiger charge is 2.18. The van der Waals surface area contributed by atoms with E-state index in [4.69, 9.17) is 16.0 Å². The largest absolute Gasteiger partial charge is 0.461 e. The Kier molecular flexibility index (Phi) is 3.05. The van der Waals surface area contributed by atoms with Gasteiger partial charge in [-0.1, -0.05) is 11.8 Å². The molecule has 90 valence electrons. The monoisotopic (exact) mass is 253 g/mol. The molecule has 0 aliphatic heterocycles. The topological polar surface area (TPSA) is 113 Å². The van der Waals surface area contributed by atoms with Gasteiger partial charge < -0.3 is 16.0 Å². The maximum absolute atomic E-state index is 10.9. The van der Waals surface area contributed by atoms with Crippen LogP contribution in [0.4, 0.5) is 0 Å². The molecule has 4 N–H and O–H groups in total. The molecular weight excluding hydrogens is 242 g/mol. The summed E-state index contributed by atoms with van der Waals surface area (Å²) in [5.41, 5.74) is 5.16. The Morgan fingerprint density at radius 3 is 2.94 bits per heavy atom. The van der Waals surface area contributed by atoms with Gasteiger partial charge in [-0.2, -0.15) is 0 Å². The van der Waals surface area contributed by atoms with Gasteiger partial charge in [0.05, 0.1) is 11.5 Å². The molecule has 1 atom stereocenters. The van der Waals surface area contributed by atoms with Crippen LogP contribution in [0.15, 0.2) is 28.0 Å². The average molecular weight is 253 g/mol. The van der Waals surface area contributed by atoms with Gasteiger partial charge in [0.2, 0.25) is 16.9 Å². The number of primary amides is 1. The minimum Gasteiger partial charge on any atom is -0.461 e. The predicted molar refractivity (Wildman–Crippen MR) is 62.4 cm³/mol. The molecule has 0 saturated carbocycles. The lowest BCUT2D eigenvalue weighted by Crippen LogP contribution is -2.23. The summed E-state index contributed by atoms with van der Waals surface area (Å²) < 4.78 is 6.43. The van der Waals surface area contributed by atoms with Gasteiger partial charge in [-0.15, -0.1) is 10.2 Å². The number of aromatic nitrogens is 3. The standard InChI is InChI=1S/C9H11N5O2S/c1-5(7(10)15)17-9-13-12-8(14(9)11)6-3-2-4-16-6/h2-5H,11H2,1H3,(H2,10,15). The molecule has 0 radical (unpaired) electrons. The fourth-order valence-corrected chi connectivity index (χ4v) is 1.87. The smallest absolute Gasteiger partial charge is 0.230 e. The highest BCUT2D eigenvalue weighted by Crippen LogP contribution is 2.24. The van der Waals surface area contributed by atoms with Crippen LogP contribution in [0.2, 0.25) is 0 Å². The summed E-state index contributed by atoms with van der Waals surface area (Å²) in [4.78, 5) is 10.9. The quantitative estimate of drug-likeness (QED) is 0.595. The molecule has 0 spiro atoms. The SMILES string of the molecule is CC(Sc1nnc(-c2ccco2)n1N)C(N)=O. The summed E-state index contributed by atoms with van der Waals surface area (Å²) in [6.07, 6.45) is 1.52. The van der Waals surface area contributed by atoms with Crippen LogP contribution in [0.3, 0.4) is 0 Å². The number of nitrogens with zero attached hydrogens (tertiary/aromatic N) is 3. The molecule has 17 heavy (non-hydrogen) atoms. The number of nitrogen functional groups attached to an aromatic ring is 1. The lowest BCUT2D eigenvalue weighted by atomic mass is 10.4. The summed E-state index contributed by atoms with van der Waals surface area (Å²) in [7, 11) is 0. The van der Waals surface area contributed by atoms with Crippen molar-refractivity contribution in [2.75, 3.05) is 5.84 Å². The molecule has 0 aliphatic rings. The lowest BCUT2D eigenvalue weighted by molar-refractivity contribution is -0.117. The van der Waals surface area contributed by atoms with Crippen molar-refractivity contribution in [3.05, 3.63) is 18.4 Å². The Hall–Kier alpha value is -1.96. The third-order valence-corrected chi connectivity index (χ3v) is 3.16. The number of carbonyl (C=O) groups is 1. The first-order valence-electron chi connectivity index (χ1n) is 4.80. The number of carbonyl (C=O) groups excluding carboxylic acids is 1. The van der Waals surface area contributed by atoms with Gasteiger partial charge in [0, 0.05) is 0 Å². The van der Waals surface area contributed by atoms with Gasteiger partial charge in [-0.25, -0.2) is 4.68 Å². The molecule has 0 fully saturated rings. The van der Waals surface area contributed by atoms with E-state index in [-0.39, 0.29) is 0 Å². The Morgan fingerprint density at radius 2 is 2.35 bits per heavy atom. The first kappa shape index (κ1) is 11.5. The van der Waals surface area contributed by atoms with Crippen LogP contribution in [0.5, 0.6) is 0 Å². The molecule has 2 rings (SSSR count). The van der Waals surface area contributed by atoms with Gasteiger partial charge in [-0.3, -0.25) is 4.79 Å². The Morgan fingerprint density at radius 1 is 1.59 bits per heavy atom. The Balaban J connectivity index is 2.24. The zero-order valence-electron chi connectivity index (χ0n) is 9.03. The number of hydrogen-bond acceptors (Lipinski definition) is 6. The van der Waals surface area contributed by atoms with E-state index in [2.05, 4.69) is 10.2 Å². The van der Waals surface area contributed by atoms with Crippen LogP contribution in [0.25, 0.3) is 11.6 Å². The molecular formula is C9H11N5O2S. The van der Waals surface area contributed by atoms with Gasteiger partial charge >= 0.3 is 0 Å².